The molecule has 0 atom stereocenters. The van der Waals surface area contributed by atoms with Crippen LogP contribution in [-0.4, -0.2) is 59.2 Å². The average molecular weight is 331 g/mol. The average Bonchev–Trinajstić information content (AvgIpc) is 2.79. The third kappa shape index (κ3) is 4.30. The molecule has 5 nitrogen and oxygen atoms in total. The van der Waals surface area contributed by atoms with Gasteiger partial charge in [-0.25, -0.2) is 9.97 Å². The zero-order chi connectivity index (χ0) is 15.2. The van der Waals surface area contributed by atoms with Gasteiger partial charge in [0, 0.05) is 45.2 Å². The van der Waals surface area contributed by atoms with Crippen LogP contribution in [0.15, 0.2) is 12.3 Å². The Morgan fingerprint density at radius 3 is 2.90 bits per heavy atom. The second-order valence-electron chi connectivity index (χ2n) is 4.91. The standard InChI is InChI=1S/C14H20Cl2N4O/c1-19(7-8-21-2)5-6-20-13(3-4-15)18-12-9-11(16)10-17-14(12)20/h9-10H,3-8H2,1-2H3. The number of hydrogen-bond acceptors (Lipinski definition) is 4. The van der Waals surface area contributed by atoms with Gasteiger partial charge in [0.25, 0.3) is 0 Å². The Morgan fingerprint density at radius 2 is 2.19 bits per heavy atom. The number of halogens is 2. The number of ether oxygens (including phenoxy) is 1. The minimum atomic E-state index is 0.538. The summed E-state index contributed by atoms with van der Waals surface area (Å²) in [6.45, 7) is 3.34. The number of imidazole rings is 1. The smallest absolute Gasteiger partial charge is 0.160 e. The summed E-state index contributed by atoms with van der Waals surface area (Å²) >= 11 is 11.9. The highest BCUT2D eigenvalue weighted by atomic mass is 35.5. The van der Waals surface area contributed by atoms with Gasteiger partial charge >= 0.3 is 0 Å². The summed E-state index contributed by atoms with van der Waals surface area (Å²) < 4.78 is 7.21. The summed E-state index contributed by atoms with van der Waals surface area (Å²) in [6.07, 6.45) is 2.37. The van der Waals surface area contributed by atoms with Crippen LogP contribution in [0.4, 0.5) is 0 Å². The predicted octanol–water partition coefficient (Wildman–Crippen LogP) is 2.44. The number of pyridine rings is 1. The lowest BCUT2D eigenvalue weighted by atomic mass is 10.4. The van der Waals surface area contributed by atoms with Crippen molar-refractivity contribution >= 4 is 34.4 Å². The van der Waals surface area contributed by atoms with E-state index in [4.69, 9.17) is 27.9 Å². The number of alkyl halides is 1. The third-order valence-electron chi connectivity index (χ3n) is 3.33. The number of aromatic nitrogens is 3. The quantitative estimate of drug-likeness (QED) is 0.697. The molecule has 7 heteroatoms. The topological polar surface area (TPSA) is 43.2 Å². The number of methoxy groups -OCH3 is 1. The first-order chi connectivity index (χ1) is 10.2. The Balaban J connectivity index is 2.18. The van der Waals surface area contributed by atoms with Crippen LogP contribution >= 0.6 is 23.2 Å². The molecule has 0 aliphatic heterocycles. The minimum absolute atomic E-state index is 0.538. The van der Waals surface area contributed by atoms with Crippen LogP contribution in [0.5, 0.6) is 0 Å². The largest absolute Gasteiger partial charge is 0.383 e. The van der Waals surface area contributed by atoms with E-state index in [0.29, 0.717) is 10.9 Å². The fraction of sp³-hybridized carbons (Fsp3) is 0.571. The van der Waals surface area contributed by atoms with Gasteiger partial charge in [-0.15, -0.1) is 11.6 Å². The number of nitrogens with zero attached hydrogens (tertiary/aromatic N) is 4. The molecule has 2 heterocycles. The number of fused-ring (bicyclic) bond motifs is 1. The molecule has 0 fully saturated rings. The molecule has 0 unspecified atom stereocenters. The maximum atomic E-state index is 5.98. The van der Waals surface area contributed by atoms with E-state index in [1.807, 2.05) is 6.07 Å². The molecule has 21 heavy (non-hydrogen) atoms. The van der Waals surface area contributed by atoms with Crippen molar-refractivity contribution in [1.29, 1.82) is 0 Å². The second-order valence-corrected chi connectivity index (χ2v) is 5.73. The van der Waals surface area contributed by atoms with Crippen LogP contribution < -0.4 is 0 Å². The van der Waals surface area contributed by atoms with Gasteiger partial charge in [0.15, 0.2) is 5.65 Å². The van der Waals surface area contributed by atoms with Crippen LogP contribution in [-0.2, 0) is 17.7 Å². The molecule has 0 aliphatic carbocycles. The molecule has 0 radical (unpaired) electrons. The van der Waals surface area contributed by atoms with Crippen molar-refractivity contribution < 1.29 is 4.74 Å². The highest BCUT2D eigenvalue weighted by Crippen LogP contribution is 2.18. The van der Waals surface area contributed by atoms with Gasteiger partial charge in [-0.05, 0) is 13.1 Å². The molecule has 0 bridgehead atoms. The lowest BCUT2D eigenvalue weighted by Crippen LogP contribution is -2.27. The molecular weight excluding hydrogens is 311 g/mol. The Labute approximate surface area is 134 Å². The predicted molar refractivity (Wildman–Crippen MR) is 86.3 cm³/mol. The molecule has 0 spiro atoms. The molecule has 2 rings (SSSR count). The number of likely N-dealkylation sites (N-methyl/N-ethyl adjacent to an activating group) is 1. The highest BCUT2D eigenvalue weighted by Gasteiger charge is 2.12. The van der Waals surface area contributed by atoms with Crippen molar-refractivity contribution in [3.05, 3.63) is 23.1 Å². The Morgan fingerprint density at radius 1 is 1.38 bits per heavy atom. The fourth-order valence-corrected chi connectivity index (χ4v) is 2.49. The van der Waals surface area contributed by atoms with Gasteiger partial charge < -0.3 is 14.2 Å². The van der Waals surface area contributed by atoms with Crippen molar-refractivity contribution in [2.45, 2.75) is 13.0 Å². The molecule has 0 N–H and O–H groups in total. The molecule has 0 aromatic carbocycles. The van der Waals surface area contributed by atoms with E-state index in [0.717, 1.165) is 49.7 Å². The van der Waals surface area contributed by atoms with Crippen molar-refractivity contribution in [3.8, 4) is 0 Å². The lowest BCUT2D eigenvalue weighted by molar-refractivity contribution is 0.159. The molecule has 0 saturated carbocycles. The molecule has 0 aliphatic rings. The molecule has 116 valence electrons. The summed E-state index contributed by atoms with van der Waals surface area (Å²) in [6, 6.07) is 1.84. The maximum absolute atomic E-state index is 5.98. The van der Waals surface area contributed by atoms with Crippen molar-refractivity contribution in [1.82, 2.24) is 19.4 Å². The fourth-order valence-electron chi connectivity index (χ4n) is 2.17. The summed E-state index contributed by atoms with van der Waals surface area (Å²) in [5, 5.41) is 0.599. The molecular formula is C14H20Cl2N4O. The number of hydrogen-bond donors (Lipinski definition) is 0. The first kappa shape index (κ1) is 16.5. The van der Waals surface area contributed by atoms with Crippen LogP contribution in [0, 0.1) is 0 Å². The summed E-state index contributed by atoms with van der Waals surface area (Å²) in [5.74, 6) is 1.49. The lowest BCUT2D eigenvalue weighted by Gasteiger charge is -2.17. The summed E-state index contributed by atoms with van der Waals surface area (Å²) in [7, 11) is 3.78. The van der Waals surface area contributed by atoms with E-state index >= 15 is 0 Å². The first-order valence-electron chi connectivity index (χ1n) is 6.89. The van der Waals surface area contributed by atoms with Gasteiger partial charge in [0.2, 0.25) is 0 Å². The second kappa shape index (κ2) is 7.94. The molecule has 2 aromatic heterocycles. The van der Waals surface area contributed by atoms with E-state index < -0.39 is 0 Å². The molecule has 0 saturated heterocycles. The van der Waals surface area contributed by atoms with Crippen LogP contribution in [0.3, 0.4) is 0 Å². The monoisotopic (exact) mass is 330 g/mol. The van der Waals surface area contributed by atoms with E-state index in [9.17, 15) is 0 Å². The van der Waals surface area contributed by atoms with E-state index in [-0.39, 0.29) is 0 Å². The van der Waals surface area contributed by atoms with Gasteiger partial charge in [0.05, 0.1) is 11.6 Å². The van der Waals surface area contributed by atoms with E-state index in [1.165, 1.54) is 0 Å². The first-order valence-corrected chi connectivity index (χ1v) is 7.81. The number of aryl methyl sites for hydroxylation is 1. The zero-order valence-corrected chi connectivity index (χ0v) is 13.9. The van der Waals surface area contributed by atoms with Gasteiger partial charge in [-0.2, -0.15) is 0 Å². The van der Waals surface area contributed by atoms with E-state index in [2.05, 4.69) is 26.5 Å². The van der Waals surface area contributed by atoms with Crippen molar-refractivity contribution in [2.24, 2.45) is 0 Å². The van der Waals surface area contributed by atoms with Gasteiger partial charge in [-0.1, -0.05) is 11.6 Å². The Bertz CT molecular complexity index is 588. The minimum Gasteiger partial charge on any atom is -0.383 e. The highest BCUT2D eigenvalue weighted by molar-refractivity contribution is 6.31. The Kier molecular flexibility index (Phi) is 6.23. The van der Waals surface area contributed by atoms with Gasteiger partial charge in [-0.3, -0.25) is 0 Å². The SMILES string of the molecule is COCCN(C)CCn1c(CCCl)nc2cc(Cl)cnc21. The normalized spacial score (nSPS) is 11.7. The van der Waals surface area contributed by atoms with Crippen molar-refractivity contribution in [2.75, 3.05) is 39.7 Å². The van der Waals surface area contributed by atoms with Gasteiger partial charge in [0.1, 0.15) is 11.3 Å². The summed E-state index contributed by atoms with van der Waals surface area (Å²) in [4.78, 5) is 11.2. The van der Waals surface area contributed by atoms with E-state index in [1.54, 1.807) is 13.3 Å². The number of rotatable bonds is 8. The van der Waals surface area contributed by atoms with Crippen molar-refractivity contribution in [3.63, 3.8) is 0 Å². The molecule has 0 amide bonds. The maximum Gasteiger partial charge on any atom is 0.160 e. The molecule has 2 aromatic rings. The zero-order valence-electron chi connectivity index (χ0n) is 12.4. The van der Waals surface area contributed by atoms with Crippen LogP contribution in [0.25, 0.3) is 11.2 Å². The Hall–Kier alpha value is -0.880. The summed E-state index contributed by atoms with van der Waals surface area (Å²) in [5.41, 5.74) is 1.68. The van der Waals surface area contributed by atoms with Crippen LogP contribution in [0.1, 0.15) is 5.82 Å². The third-order valence-corrected chi connectivity index (χ3v) is 3.73. The van der Waals surface area contributed by atoms with Crippen LogP contribution in [0.2, 0.25) is 5.02 Å².